The molecule has 112 valence electrons. The molecule has 2 atom stereocenters. The predicted octanol–water partition coefficient (Wildman–Crippen LogP) is 0.658. The van der Waals surface area contributed by atoms with Crippen LogP contribution in [-0.4, -0.2) is 42.3 Å². The van der Waals surface area contributed by atoms with Crippen molar-refractivity contribution in [3.8, 4) is 0 Å². The second kappa shape index (κ2) is 7.04. The van der Waals surface area contributed by atoms with E-state index in [9.17, 15) is 14.4 Å². The van der Waals surface area contributed by atoms with Crippen molar-refractivity contribution in [3.63, 3.8) is 0 Å². The van der Waals surface area contributed by atoms with Crippen LogP contribution in [0.1, 0.15) is 27.2 Å². The molecule has 20 heavy (non-hydrogen) atoms. The van der Waals surface area contributed by atoms with E-state index in [4.69, 9.17) is 9.84 Å². The van der Waals surface area contributed by atoms with Gasteiger partial charge in [-0.15, -0.1) is 0 Å². The standard InChI is InChI=1S/C13H20N2O5/c1-7(8(2)12(17)18)11(16)15-13(19)14-9(3)10-4-5-20-6-10/h9-10H,4-6H2,1-3H3,(H,17,18)(H2,14,15,16,19). The van der Waals surface area contributed by atoms with Gasteiger partial charge < -0.3 is 15.2 Å². The Labute approximate surface area is 117 Å². The number of rotatable bonds is 4. The molecule has 1 aliphatic heterocycles. The van der Waals surface area contributed by atoms with Gasteiger partial charge in [0.2, 0.25) is 0 Å². The number of aliphatic carboxylic acids is 1. The van der Waals surface area contributed by atoms with E-state index in [1.54, 1.807) is 0 Å². The average Bonchev–Trinajstić information content (AvgIpc) is 2.90. The first-order valence-corrected chi connectivity index (χ1v) is 6.43. The number of carboxylic acid groups (broad SMARTS) is 1. The Morgan fingerprint density at radius 3 is 2.40 bits per heavy atom. The topological polar surface area (TPSA) is 105 Å². The third-order valence-electron chi connectivity index (χ3n) is 3.48. The fraction of sp³-hybridized carbons (Fsp3) is 0.615. The Kier molecular flexibility index (Phi) is 5.69. The fourth-order valence-electron chi connectivity index (χ4n) is 1.84. The first-order valence-electron chi connectivity index (χ1n) is 6.43. The van der Waals surface area contributed by atoms with E-state index in [0.717, 1.165) is 6.42 Å². The Balaban J connectivity index is 2.51. The van der Waals surface area contributed by atoms with Gasteiger partial charge in [-0.05, 0) is 27.2 Å². The van der Waals surface area contributed by atoms with Gasteiger partial charge in [-0.2, -0.15) is 0 Å². The second-order valence-corrected chi connectivity index (χ2v) is 4.90. The number of carbonyl (C=O) groups is 3. The molecule has 0 spiro atoms. The summed E-state index contributed by atoms with van der Waals surface area (Å²) in [6.45, 7) is 5.78. The molecule has 0 bridgehead atoms. The monoisotopic (exact) mass is 284 g/mol. The fourth-order valence-corrected chi connectivity index (χ4v) is 1.84. The van der Waals surface area contributed by atoms with E-state index >= 15 is 0 Å². The zero-order chi connectivity index (χ0) is 15.3. The van der Waals surface area contributed by atoms with E-state index in [-0.39, 0.29) is 23.1 Å². The van der Waals surface area contributed by atoms with Gasteiger partial charge in [0.25, 0.3) is 5.91 Å². The summed E-state index contributed by atoms with van der Waals surface area (Å²) in [5, 5.41) is 13.5. The summed E-state index contributed by atoms with van der Waals surface area (Å²) in [5.74, 6) is -1.67. The lowest BCUT2D eigenvalue weighted by molar-refractivity contribution is -0.133. The summed E-state index contributed by atoms with van der Waals surface area (Å²) in [4.78, 5) is 34.1. The van der Waals surface area contributed by atoms with Crippen LogP contribution in [0, 0.1) is 5.92 Å². The van der Waals surface area contributed by atoms with Crippen molar-refractivity contribution in [3.05, 3.63) is 11.1 Å². The highest BCUT2D eigenvalue weighted by Crippen LogP contribution is 2.16. The lowest BCUT2D eigenvalue weighted by Gasteiger charge is -2.19. The molecule has 1 heterocycles. The number of ether oxygens (including phenoxy) is 1. The van der Waals surface area contributed by atoms with Crippen LogP contribution in [0.4, 0.5) is 4.79 Å². The summed E-state index contributed by atoms with van der Waals surface area (Å²) in [6.07, 6.45) is 0.868. The molecule has 1 saturated heterocycles. The maximum absolute atomic E-state index is 11.7. The van der Waals surface area contributed by atoms with Gasteiger partial charge in [0.1, 0.15) is 0 Å². The van der Waals surface area contributed by atoms with Crippen molar-refractivity contribution in [1.29, 1.82) is 0 Å². The van der Waals surface area contributed by atoms with Gasteiger partial charge in [-0.3, -0.25) is 10.1 Å². The van der Waals surface area contributed by atoms with Crippen LogP contribution in [-0.2, 0) is 14.3 Å². The van der Waals surface area contributed by atoms with Gasteiger partial charge in [-0.25, -0.2) is 9.59 Å². The van der Waals surface area contributed by atoms with Crippen molar-refractivity contribution in [2.24, 2.45) is 5.92 Å². The number of carbonyl (C=O) groups excluding carboxylic acids is 2. The Bertz CT molecular complexity index is 438. The average molecular weight is 284 g/mol. The highest BCUT2D eigenvalue weighted by atomic mass is 16.5. The number of hydrogen-bond donors (Lipinski definition) is 3. The summed E-state index contributed by atoms with van der Waals surface area (Å²) < 4.78 is 5.23. The van der Waals surface area contributed by atoms with Gasteiger partial charge in [0.05, 0.1) is 6.61 Å². The third kappa shape index (κ3) is 4.34. The largest absolute Gasteiger partial charge is 0.478 e. The molecule has 0 aliphatic carbocycles. The van der Waals surface area contributed by atoms with Gasteiger partial charge in [0.15, 0.2) is 0 Å². The molecular weight excluding hydrogens is 264 g/mol. The summed E-state index contributed by atoms with van der Waals surface area (Å²) >= 11 is 0. The minimum atomic E-state index is -1.19. The summed E-state index contributed by atoms with van der Waals surface area (Å²) in [5.41, 5.74) is -0.0861. The van der Waals surface area contributed by atoms with Crippen LogP contribution in [0.2, 0.25) is 0 Å². The van der Waals surface area contributed by atoms with Crippen molar-refractivity contribution >= 4 is 17.9 Å². The van der Waals surface area contributed by atoms with Crippen LogP contribution in [0.25, 0.3) is 0 Å². The van der Waals surface area contributed by atoms with Crippen LogP contribution < -0.4 is 10.6 Å². The zero-order valence-electron chi connectivity index (χ0n) is 11.9. The van der Waals surface area contributed by atoms with E-state index in [0.29, 0.717) is 13.2 Å². The molecule has 3 amide bonds. The van der Waals surface area contributed by atoms with Crippen molar-refractivity contribution in [1.82, 2.24) is 10.6 Å². The molecule has 1 aliphatic rings. The Morgan fingerprint density at radius 1 is 1.25 bits per heavy atom. The van der Waals surface area contributed by atoms with Gasteiger partial charge in [-0.1, -0.05) is 0 Å². The smallest absolute Gasteiger partial charge is 0.331 e. The van der Waals surface area contributed by atoms with Crippen molar-refractivity contribution in [2.75, 3.05) is 13.2 Å². The van der Waals surface area contributed by atoms with Gasteiger partial charge in [0, 0.05) is 29.7 Å². The minimum absolute atomic E-state index is 0.00417. The second-order valence-electron chi connectivity index (χ2n) is 4.90. The number of amides is 3. The molecular formula is C13H20N2O5. The van der Waals surface area contributed by atoms with Crippen LogP contribution in [0.5, 0.6) is 0 Å². The first-order chi connectivity index (χ1) is 9.32. The predicted molar refractivity (Wildman–Crippen MR) is 71.1 cm³/mol. The van der Waals surface area contributed by atoms with Gasteiger partial charge >= 0.3 is 12.0 Å². The molecule has 0 aromatic carbocycles. The summed E-state index contributed by atoms with van der Waals surface area (Å²) in [7, 11) is 0. The van der Waals surface area contributed by atoms with Crippen LogP contribution in [0.3, 0.4) is 0 Å². The molecule has 0 aromatic heterocycles. The van der Waals surface area contributed by atoms with E-state index in [1.165, 1.54) is 13.8 Å². The molecule has 7 heteroatoms. The highest BCUT2D eigenvalue weighted by Gasteiger charge is 2.24. The van der Waals surface area contributed by atoms with Crippen LogP contribution in [0.15, 0.2) is 11.1 Å². The maximum Gasteiger partial charge on any atom is 0.331 e. The summed E-state index contributed by atoms with van der Waals surface area (Å²) in [6, 6.07) is -0.748. The number of urea groups is 1. The number of nitrogens with one attached hydrogen (secondary N) is 2. The normalized spacial score (nSPS) is 20.9. The Hall–Kier alpha value is -1.89. The Morgan fingerprint density at radius 2 is 1.90 bits per heavy atom. The highest BCUT2D eigenvalue weighted by molar-refractivity contribution is 6.07. The SMILES string of the molecule is CC(C(=O)O)=C(C)C(=O)NC(=O)NC(C)C1CCOC1. The van der Waals surface area contributed by atoms with Crippen molar-refractivity contribution < 1.29 is 24.2 Å². The lowest BCUT2D eigenvalue weighted by Crippen LogP contribution is -2.46. The quantitative estimate of drug-likeness (QED) is 0.658. The molecule has 2 unspecified atom stereocenters. The third-order valence-corrected chi connectivity index (χ3v) is 3.48. The molecule has 0 radical (unpaired) electrons. The number of hydrogen-bond acceptors (Lipinski definition) is 4. The zero-order valence-corrected chi connectivity index (χ0v) is 11.9. The molecule has 1 rings (SSSR count). The van der Waals surface area contributed by atoms with E-state index in [1.807, 2.05) is 6.92 Å². The molecule has 7 nitrogen and oxygen atoms in total. The van der Waals surface area contributed by atoms with E-state index < -0.39 is 17.9 Å². The molecule has 0 saturated carbocycles. The number of imide groups is 1. The minimum Gasteiger partial charge on any atom is -0.478 e. The van der Waals surface area contributed by atoms with Crippen molar-refractivity contribution in [2.45, 2.75) is 33.2 Å². The molecule has 0 aromatic rings. The maximum atomic E-state index is 11.7. The van der Waals surface area contributed by atoms with E-state index in [2.05, 4.69) is 10.6 Å². The molecule has 3 N–H and O–H groups in total. The first kappa shape index (κ1) is 16.2. The lowest BCUT2D eigenvalue weighted by atomic mass is 10.0. The molecule has 1 fully saturated rings. The van der Waals surface area contributed by atoms with Crippen LogP contribution >= 0.6 is 0 Å². The number of carboxylic acids is 1.